The van der Waals surface area contributed by atoms with Gasteiger partial charge >= 0.3 is 5.97 Å². The second-order valence-corrected chi connectivity index (χ2v) is 5.54. The van der Waals surface area contributed by atoms with E-state index < -0.39 is 16.0 Å². The Morgan fingerprint density at radius 1 is 1.50 bits per heavy atom. The van der Waals surface area contributed by atoms with Crippen LogP contribution in [0.4, 0.5) is 0 Å². The standard InChI is InChI=1S/C9H10BrNO4S/c1-2-11-16(14,15)8-4-3-6(9(12)13)5-7(8)10/h3-5,11H,2H2,1H3,(H,12,13). The van der Waals surface area contributed by atoms with Gasteiger partial charge in [-0.15, -0.1) is 0 Å². The van der Waals surface area contributed by atoms with Crippen molar-refractivity contribution in [2.45, 2.75) is 11.8 Å². The molecule has 0 radical (unpaired) electrons. The van der Waals surface area contributed by atoms with Crippen molar-refractivity contribution in [3.8, 4) is 0 Å². The molecule has 7 heteroatoms. The van der Waals surface area contributed by atoms with Crippen LogP contribution in [0, 0.1) is 0 Å². The van der Waals surface area contributed by atoms with Crippen molar-refractivity contribution in [3.63, 3.8) is 0 Å². The third-order valence-electron chi connectivity index (χ3n) is 1.80. The van der Waals surface area contributed by atoms with Crippen molar-refractivity contribution < 1.29 is 18.3 Å². The van der Waals surface area contributed by atoms with E-state index >= 15 is 0 Å². The second kappa shape index (κ2) is 4.94. The number of sulfonamides is 1. The average Bonchev–Trinajstić information content (AvgIpc) is 2.16. The summed E-state index contributed by atoms with van der Waals surface area (Å²) in [5.74, 6) is -1.10. The van der Waals surface area contributed by atoms with Gasteiger partial charge in [0.15, 0.2) is 0 Å². The summed E-state index contributed by atoms with van der Waals surface area (Å²) in [5, 5.41) is 8.72. The molecule has 0 unspecified atom stereocenters. The van der Waals surface area contributed by atoms with E-state index in [1.54, 1.807) is 6.92 Å². The average molecular weight is 308 g/mol. The Kier molecular flexibility index (Phi) is 4.06. The lowest BCUT2D eigenvalue weighted by atomic mass is 10.2. The van der Waals surface area contributed by atoms with Gasteiger partial charge in [-0.05, 0) is 34.1 Å². The molecule has 0 atom stereocenters. The van der Waals surface area contributed by atoms with E-state index in [1.165, 1.54) is 18.2 Å². The smallest absolute Gasteiger partial charge is 0.335 e. The van der Waals surface area contributed by atoms with Crippen LogP contribution in [-0.2, 0) is 10.0 Å². The third kappa shape index (κ3) is 2.81. The molecule has 0 amide bonds. The Labute approximate surface area is 102 Å². The van der Waals surface area contributed by atoms with Gasteiger partial charge in [-0.2, -0.15) is 0 Å². The zero-order chi connectivity index (χ0) is 12.3. The Hall–Kier alpha value is -0.920. The molecule has 1 aromatic carbocycles. The SMILES string of the molecule is CCNS(=O)(=O)c1ccc(C(=O)O)cc1Br. The van der Waals surface area contributed by atoms with E-state index in [0.717, 1.165) is 0 Å². The molecule has 0 bridgehead atoms. The fraction of sp³-hybridized carbons (Fsp3) is 0.222. The number of halogens is 1. The zero-order valence-corrected chi connectivity index (χ0v) is 10.8. The van der Waals surface area contributed by atoms with Gasteiger partial charge in [0.1, 0.15) is 0 Å². The first-order valence-corrected chi connectivity index (χ1v) is 6.68. The highest BCUT2D eigenvalue weighted by Crippen LogP contribution is 2.23. The lowest BCUT2D eigenvalue weighted by molar-refractivity contribution is 0.0696. The van der Waals surface area contributed by atoms with E-state index in [1.807, 2.05) is 0 Å². The summed E-state index contributed by atoms with van der Waals surface area (Å²) in [5.41, 5.74) is 0.0299. The highest BCUT2D eigenvalue weighted by molar-refractivity contribution is 9.10. The highest BCUT2D eigenvalue weighted by Gasteiger charge is 2.17. The molecule has 0 aromatic heterocycles. The van der Waals surface area contributed by atoms with Crippen LogP contribution in [0.5, 0.6) is 0 Å². The molecule has 0 aliphatic carbocycles. The van der Waals surface area contributed by atoms with Crippen LogP contribution in [0.25, 0.3) is 0 Å². The highest BCUT2D eigenvalue weighted by atomic mass is 79.9. The van der Waals surface area contributed by atoms with Crippen molar-refractivity contribution in [2.24, 2.45) is 0 Å². The number of nitrogens with one attached hydrogen (secondary N) is 1. The van der Waals surface area contributed by atoms with E-state index in [0.29, 0.717) is 0 Å². The minimum atomic E-state index is -3.57. The molecule has 0 fully saturated rings. The number of aromatic carboxylic acids is 1. The fourth-order valence-electron chi connectivity index (χ4n) is 1.12. The van der Waals surface area contributed by atoms with Crippen molar-refractivity contribution in [1.82, 2.24) is 4.72 Å². The summed E-state index contributed by atoms with van der Waals surface area (Å²) in [6, 6.07) is 3.76. The molecule has 2 N–H and O–H groups in total. The lowest BCUT2D eigenvalue weighted by Gasteiger charge is -2.07. The van der Waals surface area contributed by atoms with Gasteiger partial charge in [-0.25, -0.2) is 17.9 Å². The maximum Gasteiger partial charge on any atom is 0.335 e. The number of carboxylic acids is 1. The predicted molar refractivity (Wildman–Crippen MR) is 62.0 cm³/mol. The molecular formula is C9H10BrNO4S. The second-order valence-electron chi connectivity index (χ2n) is 2.95. The number of hydrogen-bond donors (Lipinski definition) is 2. The molecule has 0 aliphatic heterocycles. The van der Waals surface area contributed by atoms with Crippen molar-refractivity contribution in [2.75, 3.05) is 6.54 Å². The molecule has 0 saturated carbocycles. The minimum Gasteiger partial charge on any atom is -0.478 e. The molecule has 5 nitrogen and oxygen atoms in total. The van der Waals surface area contributed by atoms with Gasteiger partial charge in [0.2, 0.25) is 10.0 Å². The van der Waals surface area contributed by atoms with Crippen LogP contribution in [0.3, 0.4) is 0 Å². The largest absolute Gasteiger partial charge is 0.478 e. The van der Waals surface area contributed by atoms with Crippen LogP contribution in [0.15, 0.2) is 27.6 Å². The van der Waals surface area contributed by atoms with Gasteiger partial charge in [0, 0.05) is 11.0 Å². The fourth-order valence-corrected chi connectivity index (χ4v) is 3.24. The number of carbonyl (C=O) groups is 1. The molecule has 1 aromatic rings. The van der Waals surface area contributed by atoms with Crippen molar-refractivity contribution in [3.05, 3.63) is 28.2 Å². The van der Waals surface area contributed by atoms with Gasteiger partial charge in [-0.1, -0.05) is 6.92 Å². The Balaban J connectivity index is 3.23. The quantitative estimate of drug-likeness (QED) is 0.882. The maximum absolute atomic E-state index is 11.6. The van der Waals surface area contributed by atoms with E-state index in [4.69, 9.17) is 5.11 Å². The molecule has 0 spiro atoms. The minimum absolute atomic E-state index is 0.0272. The molecule has 16 heavy (non-hydrogen) atoms. The summed E-state index contributed by atoms with van der Waals surface area (Å²) in [6.45, 7) is 1.94. The monoisotopic (exact) mass is 307 g/mol. The van der Waals surface area contributed by atoms with Gasteiger partial charge in [0.05, 0.1) is 10.5 Å². The van der Waals surface area contributed by atoms with Gasteiger partial charge in [-0.3, -0.25) is 0 Å². The Bertz CT molecular complexity index is 512. The van der Waals surface area contributed by atoms with Crippen LogP contribution < -0.4 is 4.72 Å². The van der Waals surface area contributed by atoms with Gasteiger partial charge in [0.25, 0.3) is 0 Å². The van der Waals surface area contributed by atoms with Crippen molar-refractivity contribution in [1.29, 1.82) is 0 Å². The molecule has 88 valence electrons. The maximum atomic E-state index is 11.6. The lowest BCUT2D eigenvalue weighted by Crippen LogP contribution is -2.23. The summed E-state index contributed by atoms with van der Waals surface area (Å²) in [6.07, 6.45) is 0. The molecule has 1 rings (SSSR count). The number of rotatable bonds is 4. The summed E-state index contributed by atoms with van der Waals surface area (Å²) >= 11 is 3.04. The van der Waals surface area contributed by atoms with Crippen molar-refractivity contribution >= 4 is 31.9 Å². The van der Waals surface area contributed by atoms with Crippen LogP contribution in [0.1, 0.15) is 17.3 Å². The Morgan fingerprint density at radius 3 is 2.56 bits per heavy atom. The molecule has 0 heterocycles. The number of hydrogen-bond acceptors (Lipinski definition) is 3. The van der Waals surface area contributed by atoms with Crippen LogP contribution >= 0.6 is 15.9 Å². The van der Waals surface area contributed by atoms with E-state index in [2.05, 4.69) is 20.7 Å². The topological polar surface area (TPSA) is 83.5 Å². The molecular weight excluding hydrogens is 298 g/mol. The zero-order valence-electron chi connectivity index (χ0n) is 8.40. The van der Waals surface area contributed by atoms with Gasteiger partial charge < -0.3 is 5.11 Å². The van der Waals surface area contributed by atoms with Crippen LogP contribution in [0.2, 0.25) is 0 Å². The Morgan fingerprint density at radius 2 is 2.12 bits per heavy atom. The normalized spacial score (nSPS) is 11.4. The summed E-state index contributed by atoms with van der Waals surface area (Å²) in [7, 11) is -3.57. The first-order chi connectivity index (χ1) is 7.38. The third-order valence-corrected chi connectivity index (χ3v) is 4.32. The first-order valence-electron chi connectivity index (χ1n) is 4.41. The molecule has 0 saturated heterocycles. The molecule has 0 aliphatic rings. The summed E-state index contributed by atoms with van der Waals surface area (Å²) in [4.78, 5) is 10.7. The number of carboxylic acid groups (broad SMARTS) is 1. The first kappa shape index (κ1) is 13.1. The van der Waals surface area contributed by atoms with Crippen LogP contribution in [-0.4, -0.2) is 26.0 Å². The van der Waals surface area contributed by atoms with E-state index in [9.17, 15) is 13.2 Å². The van der Waals surface area contributed by atoms with E-state index in [-0.39, 0.29) is 21.5 Å². The predicted octanol–water partition coefficient (Wildman–Crippen LogP) is 1.45. The summed E-state index contributed by atoms with van der Waals surface area (Å²) < 4.78 is 25.8. The number of benzene rings is 1.